The summed E-state index contributed by atoms with van der Waals surface area (Å²) in [5.74, 6) is 3.48. The van der Waals surface area contributed by atoms with Crippen molar-refractivity contribution in [3.05, 3.63) is 0 Å². The predicted molar refractivity (Wildman–Crippen MR) is 87.2 cm³/mol. The molecule has 1 N–H and O–H groups in total. The van der Waals surface area contributed by atoms with Crippen LogP contribution < -0.4 is 5.32 Å². The minimum Gasteiger partial charge on any atom is -0.468 e. The molecule has 118 valence electrons. The molecule has 0 aromatic carbocycles. The quantitative estimate of drug-likeness (QED) is 0.523. The molecule has 1 aliphatic carbocycles. The van der Waals surface area contributed by atoms with Crippen molar-refractivity contribution in [2.24, 2.45) is 11.8 Å². The van der Waals surface area contributed by atoms with E-state index in [2.05, 4.69) is 26.1 Å². The highest BCUT2D eigenvalue weighted by atomic mass is 32.2. The van der Waals surface area contributed by atoms with Crippen molar-refractivity contribution < 1.29 is 9.53 Å². The molecule has 0 heterocycles. The molecular weight excluding hydrogens is 270 g/mol. The molecule has 3 nitrogen and oxygen atoms in total. The number of carbonyl (C=O) groups excluding carboxylic acids is 1. The van der Waals surface area contributed by atoms with Crippen LogP contribution in [0.15, 0.2) is 0 Å². The Hall–Kier alpha value is -0.220. The maximum atomic E-state index is 12.3. The van der Waals surface area contributed by atoms with Crippen LogP contribution in [0.3, 0.4) is 0 Å². The number of carbonyl (C=O) groups is 1. The van der Waals surface area contributed by atoms with Gasteiger partial charge in [-0.2, -0.15) is 11.8 Å². The maximum absolute atomic E-state index is 12.3. The van der Waals surface area contributed by atoms with E-state index in [-0.39, 0.29) is 5.97 Å². The van der Waals surface area contributed by atoms with Gasteiger partial charge < -0.3 is 10.1 Å². The average Bonchev–Trinajstić information content (AvgIpc) is 2.84. The molecule has 0 radical (unpaired) electrons. The van der Waals surface area contributed by atoms with E-state index in [9.17, 15) is 4.79 Å². The van der Waals surface area contributed by atoms with Gasteiger partial charge in [0.15, 0.2) is 0 Å². The summed E-state index contributed by atoms with van der Waals surface area (Å²) in [5.41, 5.74) is -0.414. The number of hydrogen-bond donors (Lipinski definition) is 1. The number of ether oxygens (including phenoxy) is 1. The van der Waals surface area contributed by atoms with Crippen molar-refractivity contribution in [2.45, 2.75) is 58.4 Å². The lowest BCUT2D eigenvalue weighted by Crippen LogP contribution is -2.55. The Balaban J connectivity index is 2.58. The van der Waals surface area contributed by atoms with Crippen molar-refractivity contribution in [3.63, 3.8) is 0 Å². The predicted octanol–water partition coefficient (Wildman–Crippen LogP) is 3.48. The summed E-state index contributed by atoms with van der Waals surface area (Å²) in [6.07, 6.45) is 5.37. The first kappa shape index (κ1) is 17.8. The molecule has 1 saturated carbocycles. The van der Waals surface area contributed by atoms with E-state index >= 15 is 0 Å². The molecule has 1 fully saturated rings. The van der Waals surface area contributed by atoms with E-state index in [4.69, 9.17) is 4.74 Å². The Morgan fingerprint density at radius 3 is 2.85 bits per heavy atom. The van der Waals surface area contributed by atoms with Gasteiger partial charge in [-0.1, -0.05) is 27.2 Å². The first-order valence-electron chi connectivity index (χ1n) is 7.98. The lowest BCUT2D eigenvalue weighted by atomic mass is 9.85. The Kier molecular flexibility index (Phi) is 7.96. The van der Waals surface area contributed by atoms with Crippen molar-refractivity contribution in [2.75, 3.05) is 25.2 Å². The second kappa shape index (κ2) is 8.93. The van der Waals surface area contributed by atoms with Gasteiger partial charge in [-0.3, -0.25) is 4.79 Å². The smallest absolute Gasteiger partial charge is 0.326 e. The van der Waals surface area contributed by atoms with Gasteiger partial charge in [0.25, 0.3) is 0 Å². The van der Waals surface area contributed by atoms with Crippen LogP contribution in [0.5, 0.6) is 0 Å². The molecule has 0 spiro atoms. The normalized spacial score (nSPS) is 26.1. The Morgan fingerprint density at radius 1 is 1.50 bits per heavy atom. The summed E-state index contributed by atoms with van der Waals surface area (Å²) in [5, 5.41) is 3.51. The highest BCUT2D eigenvalue weighted by molar-refractivity contribution is 7.99. The Labute approximate surface area is 128 Å². The van der Waals surface area contributed by atoms with E-state index in [0.717, 1.165) is 50.3 Å². The number of esters is 1. The average molecular weight is 301 g/mol. The summed E-state index contributed by atoms with van der Waals surface area (Å²) in [6, 6.07) is 0. The zero-order chi connectivity index (χ0) is 15.0. The van der Waals surface area contributed by atoms with E-state index in [1.807, 2.05) is 11.8 Å². The zero-order valence-electron chi connectivity index (χ0n) is 13.5. The third-order valence-electron chi connectivity index (χ3n) is 4.12. The summed E-state index contributed by atoms with van der Waals surface area (Å²) < 4.78 is 5.10. The Bertz CT molecular complexity index is 296. The second-order valence-electron chi connectivity index (χ2n) is 6.24. The number of rotatable bonds is 9. The van der Waals surface area contributed by atoms with Gasteiger partial charge in [-0.05, 0) is 55.6 Å². The first-order valence-corrected chi connectivity index (χ1v) is 9.13. The fourth-order valence-corrected chi connectivity index (χ4v) is 4.21. The van der Waals surface area contributed by atoms with E-state index < -0.39 is 5.54 Å². The molecule has 20 heavy (non-hydrogen) atoms. The standard InChI is InChI=1S/C16H31NO2S/c1-5-10-17-16(15(18)19-4)9-6-7-14(16)8-11-20-12-13(2)3/h13-14,17H,5-12H2,1-4H3. The third-order valence-corrected chi connectivity index (χ3v) is 5.55. The van der Waals surface area contributed by atoms with Gasteiger partial charge in [0, 0.05) is 0 Å². The van der Waals surface area contributed by atoms with Gasteiger partial charge in [0.05, 0.1) is 7.11 Å². The minimum atomic E-state index is -0.414. The monoisotopic (exact) mass is 301 g/mol. The molecule has 2 unspecified atom stereocenters. The largest absolute Gasteiger partial charge is 0.468 e. The topological polar surface area (TPSA) is 38.3 Å². The van der Waals surface area contributed by atoms with Crippen molar-refractivity contribution in [3.8, 4) is 0 Å². The SMILES string of the molecule is CCCNC1(C(=O)OC)CCCC1CCSCC(C)C. The molecule has 0 saturated heterocycles. The highest BCUT2D eigenvalue weighted by Gasteiger charge is 2.48. The van der Waals surface area contributed by atoms with E-state index in [1.54, 1.807) is 0 Å². The van der Waals surface area contributed by atoms with Gasteiger partial charge >= 0.3 is 5.97 Å². The van der Waals surface area contributed by atoms with Gasteiger partial charge in [0.1, 0.15) is 5.54 Å². The van der Waals surface area contributed by atoms with Crippen LogP contribution in [0.1, 0.15) is 52.9 Å². The van der Waals surface area contributed by atoms with Crippen molar-refractivity contribution in [1.29, 1.82) is 0 Å². The van der Waals surface area contributed by atoms with Gasteiger partial charge in [-0.25, -0.2) is 0 Å². The van der Waals surface area contributed by atoms with Crippen LogP contribution in [0.25, 0.3) is 0 Å². The van der Waals surface area contributed by atoms with Crippen LogP contribution in [0.4, 0.5) is 0 Å². The molecular formula is C16H31NO2S. The van der Waals surface area contributed by atoms with E-state index in [0.29, 0.717) is 5.92 Å². The molecule has 0 aromatic rings. The number of methoxy groups -OCH3 is 1. The minimum absolute atomic E-state index is 0.0534. The molecule has 2 atom stereocenters. The lowest BCUT2D eigenvalue weighted by Gasteiger charge is -2.34. The third kappa shape index (κ3) is 4.66. The molecule has 1 rings (SSSR count). The van der Waals surface area contributed by atoms with Crippen LogP contribution in [-0.4, -0.2) is 36.7 Å². The number of thioether (sulfide) groups is 1. The highest BCUT2D eigenvalue weighted by Crippen LogP contribution is 2.39. The molecule has 0 bridgehead atoms. The van der Waals surface area contributed by atoms with Crippen molar-refractivity contribution in [1.82, 2.24) is 5.32 Å². The second-order valence-corrected chi connectivity index (χ2v) is 7.39. The summed E-state index contributed by atoms with van der Waals surface area (Å²) in [7, 11) is 1.51. The molecule has 0 amide bonds. The van der Waals surface area contributed by atoms with Crippen LogP contribution >= 0.6 is 11.8 Å². The fourth-order valence-electron chi connectivity index (χ4n) is 3.12. The molecule has 0 aromatic heterocycles. The summed E-state index contributed by atoms with van der Waals surface area (Å²) >= 11 is 2.01. The summed E-state index contributed by atoms with van der Waals surface area (Å²) in [6.45, 7) is 7.54. The lowest BCUT2D eigenvalue weighted by molar-refractivity contribution is -0.150. The zero-order valence-corrected chi connectivity index (χ0v) is 14.4. The van der Waals surface area contributed by atoms with Gasteiger partial charge in [0.2, 0.25) is 0 Å². The number of nitrogens with one attached hydrogen (secondary N) is 1. The fraction of sp³-hybridized carbons (Fsp3) is 0.938. The molecule has 4 heteroatoms. The van der Waals surface area contributed by atoms with Gasteiger partial charge in [-0.15, -0.1) is 0 Å². The Morgan fingerprint density at radius 2 is 2.25 bits per heavy atom. The van der Waals surface area contributed by atoms with Crippen LogP contribution in [0, 0.1) is 11.8 Å². The van der Waals surface area contributed by atoms with Crippen LogP contribution in [0.2, 0.25) is 0 Å². The number of hydrogen-bond acceptors (Lipinski definition) is 4. The van der Waals surface area contributed by atoms with Crippen LogP contribution in [-0.2, 0) is 9.53 Å². The van der Waals surface area contributed by atoms with Crippen molar-refractivity contribution >= 4 is 17.7 Å². The summed E-state index contributed by atoms with van der Waals surface area (Å²) in [4.78, 5) is 12.3. The molecule has 0 aliphatic heterocycles. The first-order chi connectivity index (χ1) is 9.56. The maximum Gasteiger partial charge on any atom is 0.326 e. The van der Waals surface area contributed by atoms with E-state index in [1.165, 1.54) is 12.9 Å². The molecule has 1 aliphatic rings.